The molecule has 3 nitrogen and oxygen atoms in total. The summed E-state index contributed by atoms with van der Waals surface area (Å²) in [6, 6.07) is 3.36. The highest BCUT2D eigenvalue weighted by Crippen LogP contribution is 2.12. The van der Waals surface area contributed by atoms with Crippen LogP contribution in [0.2, 0.25) is 0 Å². The van der Waals surface area contributed by atoms with Gasteiger partial charge in [0.1, 0.15) is 17.2 Å². The van der Waals surface area contributed by atoms with E-state index in [0.717, 1.165) is 25.0 Å². The van der Waals surface area contributed by atoms with Gasteiger partial charge in [0.25, 0.3) is 5.91 Å². The molecule has 0 spiro atoms. The summed E-state index contributed by atoms with van der Waals surface area (Å²) in [5.41, 5.74) is 4.91. The Morgan fingerprint density at radius 3 is 2.50 bits per heavy atom. The molecule has 0 fully saturated rings. The van der Waals surface area contributed by atoms with Gasteiger partial charge in [-0.15, -0.1) is 0 Å². The van der Waals surface area contributed by atoms with E-state index in [1.807, 2.05) is 6.92 Å². The summed E-state index contributed by atoms with van der Waals surface area (Å²) in [7, 11) is 0. The largest absolute Gasteiger partial charge is 0.352 e. The zero-order valence-electron chi connectivity index (χ0n) is 10.4. The zero-order chi connectivity index (χ0) is 13.5. The molecule has 1 rings (SSSR count). The molecular formula is C13H18F2N2O. The maximum absolute atomic E-state index is 13.3. The van der Waals surface area contributed by atoms with Crippen LogP contribution in [0.5, 0.6) is 0 Å². The number of halogens is 2. The topological polar surface area (TPSA) is 55.1 Å². The molecule has 5 heteroatoms. The Hall–Kier alpha value is -1.49. The molecular weight excluding hydrogens is 238 g/mol. The first kappa shape index (κ1) is 14.6. The fourth-order valence-electron chi connectivity index (χ4n) is 1.73. The summed E-state index contributed by atoms with van der Waals surface area (Å²) in [4.78, 5) is 11.7. The lowest BCUT2D eigenvalue weighted by Crippen LogP contribution is -2.31. The molecule has 0 aliphatic carbocycles. The SMILES string of the molecule is CCC(CCN)CNC(=O)c1c(F)cccc1F. The number of rotatable bonds is 6. The quantitative estimate of drug-likeness (QED) is 0.818. The van der Waals surface area contributed by atoms with Crippen LogP contribution in [0, 0.1) is 17.6 Å². The number of hydrogen-bond acceptors (Lipinski definition) is 2. The molecule has 1 atom stereocenters. The molecule has 18 heavy (non-hydrogen) atoms. The minimum Gasteiger partial charge on any atom is -0.352 e. The lowest BCUT2D eigenvalue weighted by molar-refractivity contribution is 0.0937. The third-order valence-corrected chi connectivity index (χ3v) is 2.89. The molecule has 0 radical (unpaired) electrons. The van der Waals surface area contributed by atoms with Crippen molar-refractivity contribution in [2.45, 2.75) is 19.8 Å². The molecule has 0 saturated heterocycles. The first-order valence-electron chi connectivity index (χ1n) is 6.02. The number of amides is 1. The van der Waals surface area contributed by atoms with Crippen LogP contribution in [0.3, 0.4) is 0 Å². The number of benzene rings is 1. The Morgan fingerprint density at radius 1 is 1.39 bits per heavy atom. The molecule has 1 unspecified atom stereocenters. The number of hydrogen-bond donors (Lipinski definition) is 2. The van der Waals surface area contributed by atoms with Crippen molar-refractivity contribution in [3.8, 4) is 0 Å². The van der Waals surface area contributed by atoms with E-state index in [-0.39, 0.29) is 5.92 Å². The summed E-state index contributed by atoms with van der Waals surface area (Å²) in [5, 5.41) is 2.54. The number of nitrogens with two attached hydrogens (primary N) is 1. The molecule has 0 saturated carbocycles. The molecule has 0 bridgehead atoms. The summed E-state index contributed by atoms with van der Waals surface area (Å²) >= 11 is 0. The van der Waals surface area contributed by atoms with Crippen molar-refractivity contribution in [1.82, 2.24) is 5.32 Å². The van der Waals surface area contributed by atoms with Gasteiger partial charge in [0, 0.05) is 6.54 Å². The molecule has 100 valence electrons. The van der Waals surface area contributed by atoms with Gasteiger partial charge in [-0.1, -0.05) is 19.4 Å². The Bertz CT molecular complexity index is 390. The molecule has 1 amide bonds. The van der Waals surface area contributed by atoms with Crippen LogP contribution in [0.1, 0.15) is 30.1 Å². The summed E-state index contributed by atoms with van der Waals surface area (Å²) < 4.78 is 26.7. The first-order chi connectivity index (χ1) is 8.60. The first-order valence-corrected chi connectivity index (χ1v) is 6.02. The Morgan fingerprint density at radius 2 is 2.00 bits per heavy atom. The van der Waals surface area contributed by atoms with Crippen LogP contribution in [0.25, 0.3) is 0 Å². The van der Waals surface area contributed by atoms with E-state index >= 15 is 0 Å². The van der Waals surface area contributed by atoms with Gasteiger partial charge < -0.3 is 11.1 Å². The van der Waals surface area contributed by atoms with Crippen molar-refractivity contribution < 1.29 is 13.6 Å². The summed E-state index contributed by atoms with van der Waals surface area (Å²) in [6.45, 7) is 2.89. The van der Waals surface area contributed by atoms with Crippen LogP contribution in [0.15, 0.2) is 18.2 Å². The normalized spacial score (nSPS) is 12.2. The van der Waals surface area contributed by atoms with E-state index in [4.69, 9.17) is 5.73 Å². The molecule has 3 N–H and O–H groups in total. The molecule has 1 aromatic carbocycles. The fourth-order valence-corrected chi connectivity index (χ4v) is 1.73. The lowest BCUT2D eigenvalue weighted by Gasteiger charge is -2.14. The smallest absolute Gasteiger partial charge is 0.257 e. The van der Waals surface area contributed by atoms with Gasteiger partial charge in [-0.2, -0.15) is 0 Å². The Balaban J connectivity index is 2.65. The van der Waals surface area contributed by atoms with Gasteiger partial charge in [-0.3, -0.25) is 4.79 Å². The van der Waals surface area contributed by atoms with Crippen molar-refractivity contribution >= 4 is 5.91 Å². The van der Waals surface area contributed by atoms with Crippen LogP contribution in [-0.4, -0.2) is 19.0 Å². The Kier molecular flexibility index (Phi) is 5.71. The van der Waals surface area contributed by atoms with Gasteiger partial charge in [-0.25, -0.2) is 8.78 Å². The maximum Gasteiger partial charge on any atom is 0.257 e. The number of nitrogens with one attached hydrogen (secondary N) is 1. The van der Waals surface area contributed by atoms with Gasteiger partial charge in [0.05, 0.1) is 0 Å². The van der Waals surface area contributed by atoms with Gasteiger partial charge >= 0.3 is 0 Å². The molecule has 0 aliphatic heterocycles. The number of carbonyl (C=O) groups excluding carboxylic acids is 1. The van der Waals surface area contributed by atoms with Gasteiger partial charge in [0.15, 0.2) is 0 Å². The highest BCUT2D eigenvalue weighted by atomic mass is 19.1. The van der Waals surface area contributed by atoms with Crippen molar-refractivity contribution in [3.63, 3.8) is 0 Å². The summed E-state index contributed by atoms with van der Waals surface area (Å²) in [5.74, 6) is -2.19. The van der Waals surface area contributed by atoms with Crippen molar-refractivity contribution in [2.75, 3.05) is 13.1 Å². The van der Waals surface area contributed by atoms with E-state index in [2.05, 4.69) is 5.32 Å². The fraction of sp³-hybridized carbons (Fsp3) is 0.462. The third-order valence-electron chi connectivity index (χ3n) is 2.89. The van der Waals surface area contributed by atoms with Crippen LogP contribution >= 0.6 is 0 Å². The zero-order valence-corrected chi connectivity index (χ0v) is 10.4. The molecule has 0 aromatic heterocycles. The summed E-state index contributed by atoms with van der Waals surface area (Å²) in [6.07, 6.45) is 1.63. The van der Waals surface area contributed by atoms with Crippen LogP contribution < -0.4 is 11.1 Å². The predicted octanol–water partition coefficient (Wildman–Crippen LogP) is 2.07. The van der Waals surface area contributed by atoms with Crippen molar-refractivity contribution in [1.29, 1.82) is 0 Å². The monoisotopic (exact) mass is 256 g/mol. The van der Waals surface area contributed by atoms with E-state index in [1.54, 1.807) is 0 Å². The molecule has 1 aromatic rings. The third kappa shape index (κ3) is 3.77. The second-order valence-electron chi connectivity index (χ2n) is 4.16. The lowest BCUT2D eigenvalue weighted by atomic mass is 10.0. The van der Waals surface area contributed by atoms with Gasteiger partial charge in [-0.05, 0) is 31.0 Å². The van der Waals surface area contributed by atoms with Crippen molar-refractivity contribution in [3.05, 3.63) is 35.4 Å². The minimum atomic E-state index is -0.848. The highest BCUT2D eigenvalue weighted by Gasteiger charge is 2.17. The van der Waals surface area contributed by atoms with Crippen molar-refractivity contribution in [2.24, 2.45) is 11.7 Å². The second kappa shape index (κ2) is 7.06. The van der Waals surface area contributed by atoms with E-state index in [0.29, 0.717) is 13.1 Å². The van der Waals surface area contributed by atoms with Crippen LogP contribution in [0.4, 0.5) is 8.78 Å². The van der Waals surface area contributed by atoms with E-state index in [9.17, 15) is 13.6 Å². The minimum absolute atomic E-state index is 0.230. The highest BCUT2D eigenvalue weighted by molar-refractivity contribution is 5.94. The van der Waals surface area contributed by atoms with E-state index < -0.39 is 23.1 Å². The number of carbonyl (C=O) groups is 1. The average Bonchev–Trinajstić information content (AvgIpc) is 2.34. The second-order valence-corrected chi connectivity index (χ2v) is 4.16. The maximum atomic E-state index is 13.3. The van der Waals surface area contributed by atoms with E-state index in [1.165, 1.54) is 6.07 Å². The van der Waals surface area contributed by atoms with Gasteiger partial charge in [0.2, 0.25) is 0 Å². The molecule has 0 heterocycles. The average molecular weight is 256 g/mol. The molecule has 0 aliphatic rings. The van der Waals surface area contributed by atoms with Crippen LogP contribution in [-0.2, 0) is 0 Å². The Labute approximate surface area is 105 Å². The predicted molar refractivity (Wildman–Crippen MR) is 66.1 cm³/mol. The standard InChI is InChI=1S/C13H18F2N2O/c1-2-9(6-7-16)8-17-13(18)12-10(14)4-3-5-11(12)15/h3-5,9H,2,6-8,16H2,1H3,(H,17,18).